The van der Waals surface area contributed by atoms with Crippen molar-refractivity contribution in [1.82, 2.24) is 24.6 Å². The smallest absolute Gasteiger partial charge is 0.225 e. The molecule has 3 rings (SSSR count). The molecule has 2 aromatic rings. The molecule has 1 aliphatic heterocycles. The van der Waals surface area contributed by atoms with Gasteiger partial charge in [-0.15, -0.1) is 0 Å². The number of nitrogens with zero attached hydrogens (tertiary/aromatic N) is 6. The lowest BCUT2D eigenvalue weighted by molar-refractivity contribution is 0.243. The van der Waals surface area contributed by atoms with Gasteiger partial charge in [-0.25, -0.2) is 9.97 Å². The van der Waals surface area contributed by atoms with Crippen molar-refractivity contribution in [3.8, 4) is 0 Å². The van der Waals surface area contributed by atoms with Gasteiger partial charge in [-0.05, 0) is 22.0 Å². The number of anilines is 1. The SMILES string of the molecule is Brc1cnc(N2CCN(CCn3cccn3)CC2)nc1. The van der Waals surface area contributed by atoms with Gasteiger partial charge in [0.05, 0.1) is 11.0 Å². The average molecular weight is 337 g/mol. The number of hydrogen-bond acceptors (Lipinski definition) is 5. The predicted octanol–water partition coefficient (Wildman–Crippen LogP) is 1.26. The highest BCUT2D eigenvalue weighted by atomic mass is 79.9. The standard InChI is InChI=1S/C13H17BrN6/c14-12-10-15-13(16-11-12)19-7-4-18(5-8-19)6-9-20-3-1-2-17-20/h1-3,10-11H,4-9H2. The summed E-state index contributed by atoms with van der Waals surface area (Å²) in [6.45, 7) is 6.02. The summed E-state index contributed by atoms with van der Waals surface area (Å²) in [5.74, 6) is 0.819. The van der Waals surface area contributed by atoms with Crippen molar-refractivity contribution in [2.45, 2.75) is 6.54 Å². The molecule has 0 aliphatic carbocycles. The van der Waals surface area contributed by atoms with Crippen molar-refractivity contribution >= 4 is 21.9 Å². The first-order valence-electron chi connectivity index (χ1n) is 6.73. The fraction of sp³-hybridized carbons (Fsp3) is 0.462. The van der Waals surface area contributed by atoms with E-state index in [4.69, 9.17) is 0 Å². The van der Waals surface area contributed by atoms with E-state index >= 15 is 0 Å². The van der Waals surface area contributed by atoms with Crippen LogP contribution in [0.5, 0.6) is 0 Å². The molecule has 20 heavy (non-hydrogen) atoms. The molecule has 0 atom stereocenters. The Labute approximate surface area is 126 Å². The zero-order valence-electron chi connectivity index (χ0n) is 11.2. The molecule has 0 saturated carbocycles. The van der Waals surface area contributed by atoms with Crippen molar-refractivity contribution in [3.63, 3.8) is 0 Å². The lowest BCUT2D eigenvalue weighted by Gasteiger charge is -2.34. The second kappa shape index (κ2) is 6.32. The van der Waals surface area contributed by atoms with Crippen molar-refractivity contribution in [2.24, 2.45) is 0 Å². The van der Waals surface area contributed by atoms with Gasteiger partial charge in [0.15, 0.2) is 0 Å². The van der Waals surface area contributed by atoms with Crippen LogP contribution in [0.1, 0.15) is 0 Å². The number of aromatic nitrogens is 4. The quantitative estimate of drug-likeness (QED) is 0.841. The van der Waals surface area contributed by atoms with E-state index in [9.17, 15) is 0 Å². The molecule has 6 nitrogen and oxygen atoms in total. The van der Waals surface area contributed by atoms with Crippen molar-refractivity contribution < 1.29 is 0 Å². The maximum atomic E-state index is 4.35. The zero-order chi connectivity index (χ0) is 13.8. The Morgan fingerprint density at radius 3 is 2.45 bits per heavy atom. The molecule has 1 aliphatic rings. The van der Waals surface area contributed by atoms with E-state index in [1.165, 1.54) is 0 Å². The minimum Gasteiger partial charge on any atom is -0.338 e. The third-order valence-corrected chi connectivity index (χ3v) is 3.88. The Bertz CT molecular complexity index is 518. The van der Waals surface area contributed by atoms with Crippen LogP contribution in [-0.2, 0) is 6.54 Å². The predicted molar refractivity (Wildman–Crippen MR) is 80.6 cm³/mol. The Morgan fingerprint density at radius 1 is 1.05 bits per heavy atom. The van der Waals surface area contributed by atoms with E-state index < -0.39 is 0 Å². The van der Waals surface area contributed by atoms with E-state index in [1.807, 2.05) is 23.1 Å². The van der Waals surface area contributed by atoms with Gasteiger partial charge >= 0.3 is 0 Å². The van der Waals surface area contributed by atoms with Gasteiger partial charge in [0.25, 0.3) is 0 Å². The first-order chi connectivity index (χ1) is 9.81. The minimum absolute atomic E-state index is 0.819. The molecule has 0 unspecified atom stereocenters. The normalized spacial score (nSPS) is 16.6. The summed E-state index contributed by atoms with van der Waals surface area (Å²) >= 11 is 3.36. The van der Waals surface area contributed by atoms with Gasteiger partial charge in [-0.1, -0.05) is 0 Å². The Morgan fingerprint density at radius 2 is 1.80 bits per heavy atom. The second-order valence-electron chi connectivity index (χ2n) is 4.80. The highest BCUT2D eigenvalue weighted by Gasteiger charge is 2.18. The summed E-state index contributed by atoms with van der Waals surface area (Å²) in [7, 11) is 0. The Balaban J connectivity index is 1.48. The van der Waals surface area contributed by atoms with E-state index in [1.54, 1.807) is 12.4 Å². The highest BCUT2D eigenvalue weighted by molar-refractivity contribution is 9.10. The molecule has 0 bridgehead atoms. The van der Waals surface area contributed by atoms with Gasteiger partial charge < -0.3 is 4.90 Å². The van der Waals surface area contributed by atoms with Gasteiger partial charge in [0.2, 0.25) is 5.95 Å². The van der Waals surface area contributed by atoms with Gasteiger partial charge in [0, 0.05) is 57.5 Å². The minimum atomic E-state index is 0.819. The lowest BCUT2D eigenvalue weighted by Crippen LogP contribution is -2.47. The largest absolute Gasteiger partial charge is 0.338 e. The summed E-state index contributed by atoms with van der Waals surface area (Å²) in [4.78, 5) is 13.4. The summed E-state index contributed by atoms with van der Waals surface area (Å²) in [6.07, 6.45) is 7.42. The van der Waals surface area contributed by atoms with Gasteiger partial charge in [-0.2, -0.15) is 5.10 Å². The zero-order valence-corrected chi connectivity index (χ0v) is 12.8. The molecule has 2 aromatic heterocycles. The topological polar surface area (TPSA) is 50.1 Å². The first kappa shape index (κ1) is 13.5. The van der Waals surface area contributed by atoms with E-state index in [-0.39, 0.29) is 0 Å². The van der Waals surface area contributed by atoms with Gasteiger partial charge in [0.1, 0.15) is 0 Å². The fourth-order valence-corrected chi connectivity index (χ4v) is 2.52. The molecule has 0 aromatic carbocycles. The molecule has 0 amide bonds. The van der Waals surface area contributed by atoms with Gasteiger partial charge in [-0.3, -0.25) is 9.58 Å². The van der Waals surface area contributed by atoms with Crippen molar-refractivity contribution in [2.75, 3.05) is 37.6 Å². The van der Waals surface area contributed by atoms with Crippen LogP contribution < -0.4 is 4.90 Å². The molecule has 3 heterocycles. The monoisotopic (exact) mass is 336 g/mol. The van der Waals surface area contributed by atoms with Crippen LogP contribution >= 0.6 is 15.9 Å². The average Bonchev–Trinajstić information content (AvgIpc) is 3.00. The maximum Gasteiger partial charge on any atom is 0.225 e. The number of rotatable bonds is 4. The van der Waals surface area contributed by atoms with Crippen LogP contribution in [0.3, 0.4) is 0 Å². The Kier molecular flexibility index (Phi) is 4.27. The lowest BCUT2D eigenvalue weighted by atomic mass is 10.3. The summed E-state index contributed by atoms with van der Waals surface area (Å²) in [5, 5.41) is 4.23. The molecule has 106 valence electrons. The maximum absolute atomic E-state index is 4.35. The first-order valence-corrected chi connectivity index (χ1v) is 7.53. The fourth-order valence-electron chi connectivity index (χ4n) is 2.32. The third-order valence-electron chi connectivity index (χ3n) is 3.47. The van der Waals surface area contributed by atoms with E-state index in [0.29, 0.717) is 0 Å². The summed E-state index contributed by atoms with van der Waals surface area (Å²) in [5.41, 5.74) is 0. The Hall–Kier alpha value is -1.47. The molecule has 0 spiro atoms. The van der Waals surface area contributed by atoms with Crippen LogP contribution in [0.25, 0.3) is 0 Å². The highest BCUT2D eigenvalue weighted by Crippen LogP contribution is 2.13. The third kappa shape index (κ3) is 3.34. The van der Waals surface area contributed by atoms with Crippen molar-refractivity contribution in [1.29, 1.82) is 0 Å². The summed E-state index contributed by atoms with van der Waals surface area (Å²) in [6, 6.07) is 1.96. The number of halogens is 1. The molecule has 0 radical (unpaired) electrons. The van der Waals surface area contributed by atoms with E-state index in [2.05, 4.69) is 40.8 Å². The second-order valence-corrected chi connectivity index (χ2v) is 5.71. The van der Waals surface area contributed by atoms with Crippen LogP contribution in [0.4, 0.5) is 5.95 Å². The molecule has 1 saturated heterocycles. The van der Waals surface area contributed by atoms with Crippen LogP contribution in [-0.4, -0.2) is 57.4 Å². The van der Waals surface area contributed by atoms with Crippen LogP contribution in [0, 0.1) is 0 Å². The molecule has 1 fully saturated rings. The number of hydrogen-bond donors (Lipinski definition) is 0. The molecular weight excluding hydrogens is 320 g/mol. The van der Waals surface area contributed by atoms with Crippen LogP contribution in [0.15, 0.2) is 35.3 Å². The molecular formula is C13H17BrN6. The molecule has 0 N–H and O–H groups in total. The summed E-state index contributed by atoms with van der Waals surface area (Å²) < 4.78 is 2.89. The van der Waals surface area contributed by atoms with E-state index in [0.717, 1.165) is 49.7 Å². The molecule has 7 heteroatoms. The van der Waals surface area contributed by atoms with Crippen LogP contribution in [0.2, 0.25) is 0 Å². The number of piperazine rings is 1. The van der Waals surface area contributed by atoms with Crippen molar-refractivity contribution in [3.05, 3.63) is 35.3 Å².